The smallest absolute Gasteiger partial charge is 0.123 e. The van der Waals surface area contributed by atoms with Crippen molar-refractivity contribution in [3.63, 3.8) is 0 Å². The molecule has 0 saturated carbocycles. The zero-order chi connectivity index (χ0) is 13.8. The van der Waals surface area contributed by atoms with E-state index in [-0.39, 0.29) is 5.92 Å². The Hall–Kier alpha value is -1.85. The highest BCUT2D eigenvalue weighted by Gasteiger charge is 2.27. The van der Waals surface area contributed by atoms with Crippen LogP contribution in [-0.2, 0) is 11.3 Å². The molecule has 2 heterocycles. The lowest BCUT2D eigenvalue weighted by molar-refractivity contribution is 0.199. The number of H-pyrrole nitrogens is 1. The monoisotopic (exact) mass is 273 g/mol. The number of para-hydroxylation sites is 1. The van der Waals surface area contributed by atoms with E-state index in [0.29, 0.717) is 13.2 Å². The Balaban J connectivity index is 1.66. The molecular weight excluding hydrogens is 254 g/mol. The van der Waals surface area contributed by atoms with Gasteiger partial charge in [-0.05, 0) is 6.07 Å². The third kappa shape index (κ3) is 2.69. The van der Waals surface area contributed by atoms with Crippen molar-refractivity contribution in [1.82, 2.24) is 15.3 Å². The average molecular weight is 273 g/mol. The molecular formula is C15H19N3O2. The minimum atomic E-state index is 0.207. The van der Waals surface area contributed by atoms with Crippen molar-refractivity contribution in [3.05, 3.63) is 47.5 Å². The summed E-state index contributed by atoms with van der Waals surface area (Å²) in [5.41, 5.74) is 2.29. The molecule has 2 aromatic rings. The first-order chi connectivity index (χ1) is 9.88. The SMILES string of the molecule is COCCNCc1cnc(C2COc3ccccc32)[nH]1. The summed E-state index contributed by atoms with van der Waals surface area (Å²) in [6, 6.07) is 8.14. The molecule has 1 atom stereocenters. The number of hydrogen-bond acceptors (Lipinski definition) is 4. The molecule has 1 aliphatic heterocycles. The topological polar surface area (TPSA) is 59.2 Å². The fourth-order valence-electron chi connectivity index (χ4n) is 2.43. The quantitative estimate of drug-likeness (QED) is 0.786. The Kier molecular flexibility index (Phi) is 3.99. The van der Waals surface area contributed by atoms with Crippen LogP contribution in [0, 0.1) is 0 Å². The van der Waals surface area contributed by atoms with Crippen LogP contribution in [0.1, 0.15) is 23.0 Å². The Labute approximate surface area is 118 Å². The molecule has 5 heteroatoms. The predicted molar refractivity (Wildman–Crippen MR) is 76.0 cm³/mol. The largest absolute Gasteiger partial charge is 0.492 e. The second-order valence-corrected chi connectivity index (χ2v) is 4.86. The summed E-state index contributed by atoms with van der Waals surface area (Å²) in [5.74, 6) is 2.14. The van der Waals surface area contributed by atoms with E-state index in [1.54, 1.807) is 7.11 Å². The van der Waals surface area contributed by atoms with E-state index in [9.17, 15) is 0 Å². The van der Waals surface area contributed by atoms with Crippen LogP contribution in [0.5, 0.6) is 5.75 Å². The summed E-state index contributed by atoms with van der Waals surface area (Å²) in [7, 11) is 1.70. The second-order valence-electron chi connectivity index (χ2n) is 4.86. The third-order valence-electron chi connectivity index (χ3n) is 3.48. The molecule has 1 unspecified atom stereocenters. The van der Waals surface area contributed by atoms with Gasteiger partial charge in [-0.2, -0.15) is 0 Å². The van der Waals surface area contributed by atoms with Crippen LogP contribution in [0.2, 0.25) is 0 Å². The summed E-state index contributed by atoms with van der Waals surface area (Å²) >= 11 is 0. The standard InChI is InChI=1S/C15H19N3O2/c1-19-7-6-16-8-11-9-17-15(18-11)13-10-20-14-5-3-2-4-12(13)14/h2-5,9,13,16H,6-8,10H2,1H3,(H,17,18). The molecule has 1 aromatic carbocycles. The van der Waals surface area contributed by atoms with Crippen LogP contribution in [0.25, 0.3) is 0 Å². The van der Waals surface area contributed by atoms with E-state index in [4.69, 9.17) is 9.47 Å². The van der Waals surface area contributed by atoms with Gasteiger partial charge in [0.15, 0.2) is 0 Å². The van der Waals surface area contributed by atoms with E-state index in [1.165, 1.54) is 5.56 Å². The number of ether oxygens (including phenoxy) is 2. The van der Waals surface area contributed by atoms with Crippen molar-refractivity contribution in [2.24, 2.45) is 0 Å². The van der Waals surface area contributed by atoms with Crippen LogP contribution in [0.3, 0.4) is 0 Å². The lowest BCUT2D eigenvalue weighted by Crippen LogP contribution is -2.18. The van der Waals surface area contributed by atoms with Crippen LogP contribution in [0.4, 0.5) is 0 Å². The van der Waals surface area contributed by atoms with E-state index in [0.717, 1.165) is 30.4 Å². The fraction of sp³-hybridized carbons (Fsp3) is 0.400. The highest BCUT2D eigenvalue weighted by molar-refractivity contribution is 5.42. The Morgan fingerprint density at radius 3 is 3.25 bits per heavy atom. The zero-order valence-corrected chi connectivity index (χ0v) is 11.6. The van der Waals surface area contributed by atoms with Gasteiger partial charge in [-0.1, -0.05) is 18.2 Å². The van der Waals surface area contributed by atoms with Gasteiger partial charge in [0.1, 0.15) is 18.2 Å². The van der Waals surface area contributed by atoms with Gasteiger partial charge in [0.25, 0.3) is 0 Å². The molecule has 2 N–H and O–H groups in total. The molecule has 0 amide bonds. The van der Waals surface area contributed by atoms with Crippen molar-refractivity contribution < 1.29 is 9.47 Å². The van der Waals surface area contributed by atoms with Gasteiger partial charge in [0.2, 0.25) is 0 Å². The maximum atomic E-state index is 5.70. The summed E-state index contributed by atoms with van der Waals surface area (Å²) in [4.78, 5) is 7.87. The normalized spacial score (nSPS) is 16.9. The van der Waals surface area contributed by atoms with Gasteiger partial charge in [0.05, 0.1) is 12.5 Å². The molecule has 5 nitrogen and oxygen atoms in total. The number of imidazole rings is 1. The summed E-state index contributed by atoms with van der Waals surface area (Å²) < 4.78 is 10.7. The van der Waals surface area contributed by atoms with Gasteiger partial charge in [-0.15, -0.1) is 0 Å². The minimum absolute atomic E-state index is 0.207. The highest BCUT2D eigenvalue weighted by Crippen LogP contribution is 2.36. The van der Waals surface area contributed by atoms with Gasteiger partial charge in [0, 0.05) is 37.7 Å². The summed E-state index contributed by atoms with van der Waals surface area (Å²) in [6.45, 7) is 2.97. The summed E-state index contributed by atoms with van der Waals surface area (Å²) in [5, 5.41) is 3.30. The molecule has 20 heavy (non-hydrogen) atoms. The van der Waals surface area contributed by atoms with Crippen LogP contribution in [-0.4, -0.2) is 36.8 Å². The van der Waals surface area contributed by atoms with Crippen LogP contribution in [0.15, 0.2) is 30.5 Å². The van der Waals surface area contributed by atoms with Gasteiger partial charge < -0.3 is 19.8 Å². The first-order valence-corrected chi connectivity index (χ1v) is 6.83. The molecule has 0 fully saturated rings. The predicted octanol–water partition coefficient (Wildman–Crippen LogP) is 1.67. The Morgan fingerprint density at radius 1 is 1.45 bits per heavy atom. The minimum Gasteiger partial charge on any atom is -0.492 e. The number of fused-ring (bicyclic) bond motifs is 1. The Morgan fingerprint density at radius 2 is 2.35 bits per heavy atom. The number of benzene rings is 1. The van der Waals surface area contributed by atoms with Crippen molar-refractivity contribution >= 4 is 0 Å². The molecule has 0 spiro atoms. The van der Waals surface area contributed by atoms with Crippen molar-refractivity contribution in [2.75, 3.05) is 26.9 Å². The maximum Gasteiger partial charge on any atom is 0.123 e. The fourth-order valence-corrected chi connectivity index (χ4v) is 2.43. The molecule has 0 aliphatic carbocycles. The molecule has 3 rings (SSSR count). The number of aromatic amines is 1. The summed E-state index contributed by atoms with van der Waals surface area (Å²) in [6.07, 6.45) is 1.88. The van der Waals surface area contributed by atoms with E-state index in [1.807, 2.05) is 24.4 Å². The van der Waals surface area contributed by atoms with Crippen molar-refractivity contribution in [1.29, 1.82) is 0 Å². The average Bonchev–Trinajstić information content (AvgIpc) is 3.10. The number of aromatic nitrogens is 2. The lowest BCUT2D eigenvalue weighted by atomic mass is 10.0. The lowest BCUT2D eigenvalue weighted by Gasteiger charge is -2.05. The van der Waals surface area contributed by atoms with Gasteiger partial charge in [-0.3, -0.25) is 0 Å². The van der Waals surface area contributed by atoms with Crippen LogP contribution >= 0.6 is 0 Å². The first-order valence-electron chi connectivity index (χ1n) is 6.83. The first kappa shape index (κ1) is 13.1. The van der Waals surface area contributed by atoms with Crippen molar-refractivity contribution in [2.45, 2.75) is 12.5 Å². The second kappa shape index (κ2) is 6.07. The molecule has 1 aliphatic rings. The molecule has 106 valence electrons. The maximum absolute atomic E-state index is 5.70. The number of nitrogens with zero attached hydrogens (tertiary/aromatic N) is 1. The van der Waals surface area contributed by atoms with Gasteiger partial charge >= 0.3 is 0 Å². The molecule has 0 saturated heterocycles. The number of hydrogen-bond donors (Lipinski definition) is 2. The van der Waals surface area contributed by atoms with E-state index < -0.39 is 0 Å². The number of nitrogens with one attached hydrogen (secondary N) is 2. The van der Waals surface area contributed by atoms with E-state index in [2.05, 4.69) is 21.4 Å². The molecule has 0 radical (unpaired) electrons. The number of rotatable bonds is 6. The zero-order valence-electron chi connectivity index (χ0n) is 11.6. The van der Waals surface area contributed by atoms with Crippen molar-refractivity contribution in [3.8, 4) is 5.75 Å². The number of methoxy groups -OCH3 is 1. The van der Waals surface area contributed by atoms with Gasteiger partial charge in [-0.25, -0.2) is 4.98 Å². The van der Waals surface area contributed by atoms with Crippen LogP contribution < -0.4 is 10.1 Å². The molecule has 1 aromatic heterocycles. The highest BCUT2D eigenvalue weighted by atomic mass is 16.5. The third-order valence-corrected chi connectivity index (χ3v) is 3.48. The Bertz CT molecular complexity index is 568. The molecule has 0 bridgehead atoms. The van der Waals surface area contributed by atoms with E-state index >= 15 is 0 Å².